The number of aromatic nitrogens is 5. The van der Waals surface area contributed by atoms with Crippen molar-refractivity contribution >= 4 is 22.6 Å². The average molecular weight is 366 g/mol. The van der Waals surface area contributed by atoms with Gasteiger partial charge >= 0.3 is 0 Å². The van der Waals surface area contributed by atoms with E-state index in [9.17, 15) is 9.59 Å². The second-order valence-corrected chi connectivity index (χ2v) is 7.14. The SMILES string of the molecule is Cc1nn(C)c2[nH]c(=O)c(CCC(=O)Nc3cnc(C4CC4)nc3)c(C)c12. The average Bonchev–Trinajstić information content (AvgIpc) is 3.42. The van der Waals surface area contributed by atoms with Crippen LogP contribution in [0.25, 0.3) is 11.0 Å². The normalized spacial score (nSPS) is 13.9. The van der Waals surface area contributed by atoms with Crippen molar-refractivity contribution in [2.45, 2.75) is 45.4 Å². The highest BCUT2D eigenvalue weighted by Gasteiger charge is 2.26. The largest absolute Gasteiger partial charge is 0.323 e. The van der Waals surface area contributed by atoms with E-state index >= 15 is 0 Å². The lowest BCUT2D eigenvalue weighted by Crippen LogP contribution is -2.19. The van der Waals surface area contributed by atoms with E-state index in [0.717, 1.165) is 35.3 Å². The monoisotopic (exact) mass is 366 g/mol. The Morgan fingerprint density at radius 1 is 1.30 bits per heavy atom. The molecule has 3 aromatic rings. The third-order valence-corrected chi connectivity index (χ3v) is 5.06. The van der Waals surface area contributed by atoms with Gasteiger partial charge in [-0.2, -0.15) is 5.10 Å². The number of anilines is 1. The second-order valence-electron chi connectivity index (χ2n) is 7.14. The summed E-state index contributed by atoms with van der Waals surface area (Å²) in [5.41, 5.74) is 3.47. The molecule has 0 unspecified atom stereocenters. The van der Waals surface area contributed by atoms with Crippen LogP contribution in [0.15, 0.2) is 17.2 Å². The minimum Gasteiger partial charge on any atom is -0.323 e. The maximum absolute atomic E-state index is 12.4. The summed E-state index contributed by atoms with van der Waals surface area (Å²) in [5, 5.41) is 8.10. The van der Waals surface area contributed by atoms with E-state index in [4.69, 9.17) is 0 Å². The molecule has 140 valence electrons. The lowest BCUT2D eigenvalue weighted by molar-refractivity contribution is -0.116. The summed E-state index contributed by atoms with van der Waals surface area (Å²) in [7, 11) is 1.80. The molecule has 1 amide bonds. The van der Waals surface area contributed by atoms with Crippen LogP contribution < -0.4 is 10.9 Å². The highest BCUT2D eigenvalue weighted by molar-refractivity contribution is 5.90. The fourth-order valence-electron chi connectivity index (χ4n) is 3.47. The summed E-state index contributed by atoms with van der Waals surface area (Å²) < 4.78 is 1.67. The van der Waals surface area contributed by atoms with E-state index in [0.29, 0.717) is 29.2 Å². The number of nitrogens with zero attached hydrogens (tertiary/aromatic N) is 4. The van der Waals surface area contributed by atoms with Crippen LogP contribution in [0, 0.1) is 13.8 Å². The Labute approximate surface area is 156 Å². The minimum absolute atomic E-state index is 0.167. The van der Waals surface area contributed by atoms with Gasteiger partial charge in [0, 0.05) is 30.3 Å². The number of nitrogens with one attached hydrogen (secondary N) is 2. The Balaban J connectivity index is 1.47. The van der Waals surface area contributed by atoms with Gasteiger partial charge in [0.05, 0.1) is 23.8 Å². The number of fused-ring (bicyclic) bond motifs is 1. The second kappa shape index (κ2) is 6.61. The molecule has 1 saturated carbocycles. The molecule has 0 aliphatic heterocycles. The summed E-state index contributed by atoms with van der Waals surface area (Å²) >= 11 is 0. The molecule has 2 N–H and O–H groups in total. The smallest absolute Gasteiger partial charge is 0.253 e. The first-order valence-corrected chi connectivity index (χ1v) is 9.11. The Kier molecular flexibility index (Phi) is 4.25. The number of carbonyl (C=O) groups is 1. The van der Waals surface area contributed by atoms with E-state index < -0.39 is 0 Å². The number of aromatic amines is 1. The molecule has 0 saturated heterocycles. The zero-order chi connectivity index (χ0) is 19.1. The number of rotatable bonds is 5. The summed E-state index contributed by atoms with van der Waals surface area (Å²) in [6.07, 6.45) is 6.13. The molecule has 8 heteroatoms. The third kappa shape index (κ3) is 3.34. The van der Waals surface area contributed by atoms with Gasteiger partial charge in [-0.15, -0.1) is 0 Å². The first-order chi connectivity index (χ1) is 12.9. The molecule has 0 aromatic carbocycles. The van der Waals surface area contributed by atoms with Gasteiger partial charge in [0.1, 0.15) is 11.5 Å². The molecule has 0 spiro atoms. The number of H-pyrrole nitrogens is 1. The van der Waals surface area contributed by atoms with Crippen LogP contribution in [0.5, 0.6) is 0 Å². The molecule has 1 fully saturated rings. The van der Waals surface area contributed by atoms with E-state index in [1.165, 1.54) is 0 Å². The number of hydrogen-bond acceptors (Lipinski definition) is 5. The fourth-order valence-corrected chi connectivity index (χ4v) is 3.47. The van der Waals surface area contributed by atoms with Crippen molar-refractivity contribution in [3.05, 3.63) is 45.4 Å². The molecule has 27 heavy (non-hydrogen) atoms. The van der Waals surface area contributed by atoms with Crippen LogP contribution in [0.2, 0.25) is 0 Å². The molecule has 0 atom stereocenters. The summed E-state index contributed by atoms with van der Waals surface area (Å²) in [4.78, 5) is 36.2. The third-order valence-electron chi connectivity index (χ3n) is 5.06. The number of carbonyl (C=O) groups excluding carboxylic acids is 1. The van der Waals surface area contributed by atoms with Crippen molar-refractivity contribution < 1.29 is 4.79 Å². The lowest BCUT2D eigenvalue weighted by Gasteiger charge is -2.08. The minimum atomic E-state index is -0.173. The van der Waals surface area contributed by atoms with Gasteiger partial charge in [0.25, 0.3) is 5.56 Å². The van der Waals surface area contributed by atoms with Gasteiger partial charge in [0.15, 0.2) is 0 Å². The van der Waals surface area contributed by atoms with E-state index in [1.807, 2.05) is 13.8 Å². The standard InChI is InChI=1S/C19H22N6O2/c1-10-14(19(27)23-18-16(10)11(2)24-25(18)3)6-7-15(26)22-13-8-20-17(21-9-13)12-4-5-12/h8-9,12H,4-7H2,1-3H3,(H,22,26)(H,23,27). The van der Waals surface area contributed by atoms with Gasteiger partial charge in [-0.25, -0.2) is 9.97 Å². The van der Waals surface area contributed by atoms with Crippen LogP contribution in [0.1, 0.15) is 47.8 Å². The van der Waals surface area contributed by atoms with Crippen LogP contribution in [-0.4, -0.2) is 30.6 Å². The van der Waals surface area contributed by atoms with Crippen LogP contribution >= 0.6 is 0 Å². The Bertz CT molecular complexity index is 1080. The molecule has 3 heterocycles. The van der Waals surface area contributed by atoms with Crippen molar-refractivity contribution in [3.8, 4) is 0 Å². The maximum Gasteiger partial charge on any atom is 0.253 e. The summed E-state index contributed by atoms with van der Waals surface area (Å²) in [5.74, 6) is 1.16. The number of aryl methyl sites for hydroxylation is 3. The van der Waals surface area contributed by atoms with Gasteiger partial charge < -0.3 is 10.3 Å². The van der Waals surface area contributed by atoms with Gasteiger partial charge in [0.2, 0.25) is 5.91 Å². The molecule has 3 aromatic heterocycles. The van der Waals surface area contributed by atoms with Gasteiger partial charge in [-0.1, -0.05) is 0 Å². The van der Waals surface area contributed by atoms with E-state index in [2.05, 4.69) is 25.4 Å². The molecule has 0 radical (unpaired) electrons. The zero-order valence-corrected chi connectivity index (χ0v) is 15.7. The number of hydrogen-bond donors (Lipinski definition) is 2. The van der Waals surface area contributed by atoms with Crippen LogP contribution in [0.4, 0.5) is 5.69 Å². The Morgan fingerprint density at radius 3 is 2.67 bits per heavy atom. The summed E-state index contributed by atoms with van der Waals surface area (Å²) in [6, 6.07) is 0. The zero-order valence-electron chi connectivity index (χ0n) is 15.7. The molecular weight excluding hydrogens is 344 g/mol. The molecule has 1 aliphatic carbocycles. The molecule has 8 nitrogen and oxygen atoms in total. The van der Waals surface area contributed by atoms with Gasteiger partial charge in [-0.3, -0.25) is 14.3 Å². The number of amides is 1. The van der Waals surface area contributed by atoms with Crippen molar-refractivity contribution in [2.24, 2.45) is 7.05 Å². The van der Waals surface area contributed by atoms with Crippen molar-refractivity contribution in [1.82, 2.24) is 24.7 Å². The van der Waals surface area contributed by atoms with Crippen molar-refractivity contribution in [2.75, 3.05) is 5.32 Å². The molecule has 0 bridgehead atoms. The topological polar surface area (TPSA) is 106 Å². The van der Waals surface area contributed by atoms with Crippen LogP contribution in [0.3, 0.4) is 0 Å². The molecular formula is C19H22N6O2. The van der Waals surface area contributed by atoms with E-state index in [1.54, 1.807) is 24.1 Å². The first kappa shape index (κ1) is 17.4. The predicted molar refractivity (Wildman–Crippen MR) is 102 cm³/mol. The number of pyridine rings is 1. The predicted octanol–water partition coefficient (Wildman–Crippen LogP) is 2.12. The van der Waals surface area contributed by atoms with Crippen molar-refractivity contribution in [1.29, 1.82) is 0 Å². The fraction of sp³-hybridized carbons (Fsp3) is 0.421. The quantitative estimate of drug-likeness (QED) is 0.719. The lowest BCUT2D eigenvalue weighted by atomic mass is 10.0. The van der Waals surface area contributed by atoms with Gasteiger partial charge in [-0.05, 0) is 38.7 Å². The first-order valence-electron chi connectivity index (χ1n) is 9.11. The highest BCUT2D eigenvalue weighted by atomic mass is 16.1. The maximum atomic E-state index is 12.4. The van der Waals surface area contributed by atoms with Crippen molar-refractivity contribution in [3.63, 3.8) is 0 Å². The highest BCUT2D eigenvalue weighted by Crippen LogP contribution is 2.37. The van der Waals surface area contributed by atoms with Crippen LogP contribution in [-0.2, 0) is 18.3 Å². The Morgan fingerprint density at radius 2 is 2.00 bits per heavy atom. The Hall–Kier alpha value is -3.03. The van der Waals surface area contributed by atoms with E-state index in [-0.39, 0.29) is 17.9 Å². The summed E-state index contributed by atoms with van der Waals surface area (Å²) in [6.45, 7) is 3.82. The molecule has 1 aliphatic rings. The molecule has 4 rings (SSSR count).